The lowest BCUT2D eigenvalue weighted by Crippen LogP contribution is -2.00. The molecule has 0 aliphatic carbocycles. The Morgan fingerprint density at radius 1 is 1.38 bits per heavy atom. The van der Waals surface area contributed by atoms with Crippen molar-refractivity contribution < 1.29 is 0 Å². The molecule has 0 saturated heterocycles. The van der Waals surface area contributed by atoms with Gasteiger partial charge in [0, 0.05) is 5.69 Å². The Morgan fingerprint density at radius 3 is 2.62 bits per heavy atom. The van der Waals surface area contributed by atoms with Crippen LogP contribution < -0.4 is 5.32 Å². The molecule has 0 radical (unpaired) electrons. The second-order valence-electron chi connectivity index (χ2n) is 2.59. The Bertz CT molecular complexity index is 355. The van der Waals surface area contributed by atoms with E-state index < -0.39 is 0 Å². The summed E-state index contributed by atoms with van der Waals surface area (Å²) in [6, 6.07) is 5.48. The van der Waals surface area contributed by atoms with Crippen LogP contribution in [-0.2, 0) is 0 Å². The van der Waals surface area contributed by atoms with Crippen molar-refractivity contribution in [2.24, 2.45) is 0 Å². The van der Waals surface area contributed by atoms with Gasteiger partial charge in [-0.3, -0.25) is 0 Å². The molecule has 0 spiro atoms. The van der Waals surface area contributed by atoms with Crippen molar-refractivity contribution in [1.29, 1.82) is 5.26 Å². The highest BCUT2D eigenvalue weighted by Crippen LogP contribution is 2.28. The third kappa shape index (κ3) is 2.51. The summed E-state index contributed by atoms with van der Waals surface area (Å²) in [6.45, 7) is 2.17. The van der Waals surface area contributed by atoms with Crippen molar-refractivity contribution >= 4 is 28.9 Å². The molecule has 0 bridgehead atoms. The normalized spacial score (nSPS) is 9.38. The van der Waals surface area contributed by atoms with Gasteiger partial charge < -0.3 is 5.32 Å². The van der Waals surface area contributed by atoms with E-state index >= 15 is 0 Å². The number of hydrogen-bond donors (Lipinski definition) is 1. The fourth-order valence-electron chi connectivity index (χ4n) is 0.971. The molecule has 1 aromatic carbocycles. The van der Waals surface area contributed by atoms with Crippen LogP contribution in [0.4, 0.5) is 5.69 Å². The van der Waals surface area contributed by atoms with Gasteiger partial charge in [-0.2, -0.15) is 5.26 Å². The van der Waals surface area contributed by atoms with E-state index in [0.29, 0.717) is 10.0 Å². The molecule has 0 aliphatic rings. The molecule has 0 amide bonds. The zero-order valence-corrected chi connectivity index (χ0v) is 8.58. The molecule has 1 rings (SSSR count). The smallest absolute Gasteiger partial charge is 0.103 e. The standard InChI is InChI=1S/C9H8Cl2N2/c1-6-4-7(10)8(11)5-9(6)13-3-2-12/h4-5,13H,3H2,1H3. The summed E-state index contributed by atoms with van der Waals surface area (Å²) in [4.78, 5) is 0. The summed E-state index contributed by atoms with van der Waals surface area (Å²) in [6.07, 6.45) is 0. The number of nitrogens with zero attached hydrogens (tertiary/aromatic N) is 1. The molecule has 0 unspecified atom stereocenters. The first-order valence-corrected chi connectivity index (χ1v) is 4.47. The average Bonchev–Trinajstić information content (AvgIpc) is 2.09. The second-order valence-corrected chi connectivity index (χ2v) is 3.41. The van der Waals surface area contributed by atoms with Crippen molar-refractivity contribution in [1.82, 2.24) is 0 Å². The summed E-state index contributed by atoms with van der Waals surface area (Å²) in [5, 5.41) is 12.3. The molecule has 1 aromatic rings. The van der Waals surface area contributed by atoms with Crippen LogP contribution in [0.1, 0.15) is 5.56 Å². The molecule has 13 heavy (non-hydrogen) atoms. The summed E-state index contributed by atoms with van der Waals surface area (Å²) < 4.78 is 0. The highest BCUT2D eigenvalue weighted by Gasteiger charge is 2.02. The molecule has 0 aliphatic heterocycles. The van der Waals surface area contributed by atoms with Gasteiger partial charge in [-0.1, -0.05) is 23.2 Å². The molecule has 0 atom stereocenters. The molecule has 4 heteroatoms. The lowest BCUT2D eigenvalue weighted by Gasteiger charge is -2.07. The van der Waals surface area contributed by atoms with Gasteiger partial charge in [0.1, 0.15) is 6.54 Å². The maximum absolute atomic E-state index is 8.37. The SMILES string of the molecule is Cc1cc(Cl)c(Cl)cc1NCC#N. The van der Waals surface area contributed by atoms with Gasteiger partial charge in [0.15, 0.2) is 0 Å². The van der Waals surface area contributed by atoms with Crippen molar-refractivity contribution in [3.8, 4) is 6.07 Å². The van der Waals surface area contributed by atoms with Crippen LogP contribution in [0.25, 0.3) is 0 Å². The summed E-state index contributed by atoms with van der Waals surface area (Å²) in [5.74, 6) is 0. The van der Waals surface area contributed by atoms with E-state index in [1.54, 1.807) is 12.1 Å². The fraction of sp³-hybridized carbons (Fsp3) is 0.222. The summed E-state index contributed by atoms with van der Waals surface area (Å²) in [5.41, 5.74) is 1.82. The average molecular weight is 215 g/mol. The van der Waals surface area contributed by atoms with Crippen molar-refractivity contribution in [2.45, 2.75) is 6.92 Å². The van der Waals surface area contributed by atoms with Crippen LogP contribution in [0.15, 0.2) is 12.1 Å². The van der Waals surface area contributed by atoms with E-state index in [4.69, 9.17) is 28.5 Å². The van der Waals surface area contributed by atoms with E-state index in [1.165, 1.54) is 0 Å². The molecule has 0 heterocycles. The van der Waals surface area contributed by atoms with Gasteiger partial charge in [-0.15, -0.1) is 0 Å². The molecule has 1 N–H and O–H groups in total. The molecule has 2 nitrogen and oxygen atoms in total. The molecule has 0 saturated carbocycles. The quantitative estimate of drug-likeness (QED) is 0.768. The summed E-state index contributed by atoms with van der Waals surface area (Å²) in [7, 11) is 0. The zero-order chi connectivity index (χ0) is 9.84. The van der Waals surface area contributed by atoms with Crippen molar-refractivity contribution in [3.63, 3.8) is 0 Å². The largest absolute Gasteiger partial charge is 0.372 e. The first-order valence-electron chi connectivity index (χ1n) is 3.71. The predicted octanol–water partition coefficient (Wildman–Crippen LogP) is 3.24. The van der Waals surface area contributed by atoms with Gasteiger partial charge in [-0.05, 0) is 24.6 Å². The van der Waals surface area contributed by atoms with Crippen LogP contribution in [0.3, 0.4) is 0 Å². The highest BCUT2D eigenvalue weighted by molar-refractivity contribution is 6.42. The Hall–Kier alpha value is -0.910. The fourth-order valence-corrected chi connectivity index (χ4v) is 1.35. The minimum atomic E-state index is 0.263. The number of benzene rings is 1. The van der Waals surface area contributed by atoms with E-state index in [9.17, 15) is 0 Å². The number of hydrogen-bond acceptors (Lipinski definition) is 2. The third-order valence-electron chi connectivity index (χ3n) is 1.63. The number of rotatable bonds is 2. The van der Waals surface area contributed by atoms with Crippen LogP contribution in [0.5, 0.6) is 0 Å². The first-order chi connectivity index (χ1) is 6.15. The number of halogens is 2. The van der Waals surface area contributed by atoms with Crippen LogP contribution in [0.2, 0.25) is 10.0 Å². The predicted molar refractivity (Wildman–Crippen MR) is 55.3 cm³/mol. The second kappa shape index (κ2) is 4.36. The van der Waals surface area contributed by atoms with Gasteiger partial charge in [0.05, 0.1) is 16.1 Å². The first kappa shape index (κ1) is 10.2. The van der Waals surface area contributed by atoms with Gasteiger partial charge in [0.25, 0.3) is 0 Å². The topological polar surface area (TPSA) is 35.8 Å². The van der Waals surface area contributed by atoms with Crippen LogP contribution in [0, 0.1) is 18.3 Å². The van der Waals surface area contributed by atoms with Crippen LogP contribution >= 0.6 is 23.2 Å². The lowest BCUT2D eigenvalue weighted by molar-refractivity contribution is 1.29. The molecular weight excluding hydrogens is 207 g/mol. The maximum atomic E-state index is 8.37. The van der Waals surface area contributed by atoms with E-state index in [2.05, 4.69) is 5.32 Å². The van der Waals surface area contributed by atoms with Crippen LogP contribution in [-0.4, -0.2) is 6.54 Å². The van der Waals surface area contributed by atoms with E-state index in [1.807, 2.05) is 13.0 Å². The summed E-state index contributed by atoms with van der Waals surface area (Å²) >= 11 is 11.6. The minimum Gasteiger partial charge on any atom is -0.372 e. The third-order valence-corrected chi connectivity index (χ3v) is 2.35. The van der Waals surface area contributed by atoms with E-state index in [-0.39, 0.29) is 6.54 Å². The molecule has 0 aromatic heterocycles. The van der Waals surface area contributed by atoms with E-state index in [0.717, 1.165) is 11.3 Å². The lowest BCUT2D eigenvalue weighted by atomic mass is 10.2. The van der Waals surface area contributed by atoms with Gasteiger partial charge in [0.2, 0.25) is 0 Å². The number of nitriles is 1. The number of aryl methyl sites for hydroxylation is 1. The number of nitrogens with one attached hydrogen (secondary N) is 1. The Labute approximate surface area is 87.1 Å². The van der Waals surface area contributed by atoms with Gasteiger partial charge >= 0.3 is 0 Å². The van der Waals surface area contributed by atoms with Gasteiger partial charge in [-0.25, -0.2) is 0 Å². The van der Waals surface area contributed by atoms with Crippen molar-refractivity contribution in [2.75, 3.05) is 11.9 Å². The maximum Gasteiger partial charge on any atom is 0.103 e. The number of anilines is 1. The molecular formula is C9H8Cl2N2. The zero-order valence-electron chi connectivity index (χ0n) is 7.06. The minimum absolute atomic E-state index is 0.263. The Kier molecular flexibility index (Phi) is 3.41. The Balaban J connectivity index is 2.96. The monoisotopic (exact) mass is 214 g/mol. The highest BCUT2D eigenvalue weighted by atomic mass is 35.5. The van der Waals surface area contributed by atoms with Crippen molar-refractivity contribution in [3.05, 3.63) is 27.7 Å². The Morgan fingerprint density at radius 2 is 2.00 bits per heavy atom. The molecule has 0 fully saturated rings. The molecule has 68 valence electrons.